The summed E-state index contributed by atoms with van der Waals surface area (Å²) >= 11 is 0. The highest BCUT2D eigenvalue weighted by Crippen LogP contribution is 2.22. The summed E-state index contributed by atoms with van der Waals surface area (Å²) in [6.07, 6.45) is -0.300. The summed E-state index contributed by atoms with van der Waals surface area (Å²) in [7, 11) is 1.57. The predicted molar refractivity (Wildman–Crippen MR) is 87.4 cm³/mol. The standard InChI is InChI=1S/C18H21NO5/c1-18(2,3)23-17(21)10-15(20)12-6-5-7-13(8-12)16-9-14(11-22-4)19-24-16/h5-9H,10-11H2,1-4H3. The fraction of sp³-hybridized carbons (Fsp3) is 0.389. The molecule has 2 rings (SSSR count). The van der Waals surface area contributed by atoms with Gasteiger partial charge in [0, 0.05) is 24.3 Å². The van der Waals surface area contributed by atoms with Crippen molar-refractivity contribution in [3.63, 3.8) is 0 Å². The lowest BCUT2D eigenvalue weighted by Crippen LogP contribution is -2.25. The molecule has 128 valence electrons. The van der Waals surface area contributed by atoms with E-state index in [0.717, 1.165) is 0 Å². The second-order valence-electron chi connectivity index (χ2n) is 6.38. The van der Waals surface area contributed by atoms with E-state index in [4.69, 9.17) is 14.0 Å². The molecular weight excluding hydrogens is 310 g/mol. The number of Topliss-reactive ketones (excluding diaryl/α,β-unsaturated/α-hetero) is 1. The molecule has 0 unspecified atom stereocenters. The van der Waals surface area contributed by atoms with Crippen LogP contribution in [0.15, 0.2) is 34.9 Å². The minimum absolute atomic E-state index is 0.300. The number of aromatic nitrogens is 1. The topological polar surface area (TPSA) is 78.6 Å². The molecule has 0 amide bonds. The Balaban J connectivity index is 2.11. The number of ketones is 1. The molecule has 1 aromatic heterocycles. The lowest BCUT2D eigenvalue weighted by Gasteiger charge is -2.19. The van der Waals surface area contributed by atoms with Gasteiger partial charge in [-0.2, -0.15) is 0 Å². The molecule has 0 aliphatic rings. The quantitative estimate of drug-likeness (QED) is 0.458. The molecule has 1 aromatic carbocycles. The summed E-state index contributed by atoms with van der Waals surface area (Å²) in [6, 6.07) is 8.62. The van der Waals surface area contributed by atoms with Crippen molar-refractivity contribution in [1.29, 1.82) is 0 Å². The lowest BCUT2D eigenvalue weighted by molar-refractivity contribution is -0.153. The molecule has 0 N–H and O–H groups in total. The molecule has 0 spiro atoms. The van der Waals surface area contributed by atoms with E-state index in [1.165, 1.54) is 0 Å². The number of hydrogen-bond donors (Lipinski definition) is 0. The number of carbonyl (C=O) groups excluding carboxylic acids is 2. The predicted octanol–water partition coefficient (Wildman–Crippen LogP) is 3.40. The summed E-state index contributed by atoms with van der Waals surface area (Å²) in [6.45, 7) is 5.63. The second-order valence-corrected chi connectivity index (χ2v) is 6.38. The van der Waals surface area contributed by atoms with Crippen LogP contribution in [0, 0.1) is 0 Å². The Hall–Kier alpha value is -2.47. The van der Waals surface area contributed by atoms with Crippen molar-refractivity contribution in [1.82, 2.24) is 5.16 Å². The molecule has 6 nitrogen and oxygen atoms in total. The lowest BCUT2D eigenvalue weighted by atomic mass is 10.0. The number of rotatable bonds is 6. The number of hydrogen-bond acceptors (Lipinski definition) is 6. The van der Waals surface area contributed by atoms with Gasteiger partial charge in [-0.3, -0.25) is 9.59 Å². The Morgan fingerprint density at radius 1 is 1.21 bits per heavy atom. The first kappa shape index (κ1) is 17.9. The van der Waals surface area contributed by atoms with Crippen molar-refractivity contribution in [3.8, 4) is 11.3 Å². The SMILES string of the molecule is COCc1cc(-c2cccc(C(=O)CC(=O)OC(C)(C)C)c2)on1. The van der Waals surface area contributed by atoms with Crippen LogP contribution < -0.4 is 0 Å². The van der Waals surface area contributed by atoms with E-state index in [-0.39, 0.29) is 12.2 Å². The normalized spacial score (nSPS) is 11.3. The van der Waals surface area contributed by atoms with Gasteiger partial charge in [0.2, 0.25) is 0 Å². The number of nitrogens with zero attached hydrogens (tertiary/aromatic N) is 1. The summed E-state index contributed by atoms with van der Waals surface area (Å²) < 4.78 is 15.4. The highest BCUT2D eigenvalue weighted by atomic mass is 16.6. The smallest absolute Gasteiger partial charge is 0.314 e. The number of ether oxygens (including phenoxy) is 2. The molecule has 2 aromatic rings. The molecule has 0 atom stereocenters. The van der Waals surface area contributed by atoms with E-state index in [2.05, 4.69) is 5.16 Å². The van der Waals surface area contributed by atoms with Crippen LogP contribution in [0.25, 0.3) is 11.3 Å². The molecule has 6 heteroatoms. The number of carbonyl (C=O) groups is 2. The first-order chi connectivity index (χ1) is 11.3. The minimum Gasteiger partial charge on any atom is -0.460 e. The zero-order valence-electron chi connectivity index (χ0n) is 14.3. The Morgan fingerprint density at radius 3 is 2.62 bits per heavy atom. The second kappa shape index (κ2) is 7.40. The molecule has 0 saturated heterocycles. The summed E-state index contributed by atoms with van der Waals surface area (Å²) in [5.41, 5.74) is 1.18. The van der Waals surface area contributed by atoms with Gasteiger partial charge in [0.05, 0.1) is 6.61 Å². The highest BCUT2D eigenvalue weighted by molar-refractivity contribution is 6.06. The monoisotopic (exact) mass is 331 g/mol. The van der Waals surface area contributed by atoms with Crippen LogP contribution in [0.4, 0.5) is 0 Å². The van der Waals surface area contributed by atoms with Gasteiger partial charge in [0.15, 0.2) is 11.5 Å². The van der Waals surface area contributed by atoms with Crippen LogP contribution >= 0.6 is 0 Å². The van der Waals surface area contributed by atoms with E-state index in [1.807, 2.05) is 0 Å². The van der Waals surface area contributed by atoms with Gasteiger partial charge in [-0.25, -0.2) is 0 Å². The molecule has 0 aliphatic heterocycles. The molecule has 1 heterocycles. The molecule has 0 bridgehead atoms. The van der Waals surface area contributed by atoms with Gasteiger partial charge in [0.25, 0.3) is 0 Å². The molecule has 0 aliphatic carbocycles. The van der Waals surface area contributed by atoms with Crippen molar-refractivity contribution in [2.24, 2.45) is 0 Å². The average molecular weight is 331 g/mol. The van der Waals surface area contributed by atoms with Crippen LogP contribution in [0.1, 0.15) is 43.2 Å². The van der Waals surface area contributed by atoms with Crippen molar-refractivity contribution < 1.29 is 23.6 Å². The zero-order chi connectivity index (χ0) is 17.7. The Morgan fingerprint density at radius 2 is 1.96 bits per heavy atom. The fourth-order valence-corrected chi connectivity index (χ4v) is 2.12. The van der Waals surface area contributed by atoms with Crippen molar-refractivity contribution in [2.45, 2.75) is 39.4 Å². The minimum atomic E-state index is -0.614. The van der Waals surface area contributed by atoms with E-state index in [0.29, 0.717) is 29.2 Å². The van der Waals surface area contributed by atoms with E-state index in [9.17, 15) is 9.59 Å². The van der Waals surface area contributed by atoms with Crippen LogP contribution in [0.5, 0.6) is 0 Å². The first-order valence-electron chi connectivity index (χ1n) is 7.58. The third-order valence-electron chi connectivity index (χ3n) is 3.05. The van der Waals surface area contributed by atoms with Crippen LogP contribution in [0.2, 0.25) is 0 Å². The fourth-order valence-electron chi connectivity index (χ4n) is 2.12. The van der Waals surface area contributed by atoms with Gasteiger partial charge >= 0.3 is 5.97 Å². The molecule has 0 fully saturated rings. The Labute approximate surface area is 140 Å². The average Bonchev–Trinajstić information content (AvgIpc) is 2.94. The largest absolute Gasteiger partial charge is 0.460 e. The first-order valence-corrected chi connectivity index (χ1v) is 7.58. The number of methoxy groups -OCH3 is 1. The van der Waals surface area contributed by atoms with Crippen molar-refractivity contribution in [3.05, 3.63) is 41.6 Å². The summed E-state index contributed by atoms with van der Waals surface area (Å²) in [5.74, 6) is -0.309. The molecule has 24 heavy (non-hydrogen) atoms. The van der Waals surface area contributed by atoms with Crippen LogP contribution in [-0.2, 0) is 20.9 Å². The molecular formula is C18H21NO5. The molecule has 0 saturated carbocycles. The number of esters is 1. The van der Waals surface area contributed by atoms with Gasteiger partial charge < -0.3 is 14.0 Å². The van der Waals surface area contributed by atoms with Crippen LogP contribution in [-0.4, -0.2) is 29.6 Å². The Kier molecular flexibility index (Phi) is 5.51. The highest BCUT2D eigenvalue weighted by Gasteiger charge is 2.20. The van der Waals surface area contributed by atoms with Gasteiger partial charge in [-0.1, -0.05) is 23.4 Å². The maximum absolute atomic E-state index is 12.3. The van der Waals surface area contributed by atoms with E-state index in [1.54, 1.807) is 58.2 Å². The third kappa shape index (κ3) is 5.03. The van der Waals surface area contributed by atoms with E-state index < -0.39 is 11.6 Å². The summed E-state index contributed by atoms with van der Waals surface area (Å²) in [4.78, 5) is 24.1. The maximum atomic E-state index is 12.3. The van der Waals surface area contributed by atoms with Crippen LogP contribution in [0.3, 0.4) is 0 Å². The maximum Gasteiger partial charge on any atom is 0.314 e. The summed E-state index contributed by atoms with van der Waals surface area (Å²) in [5, 5.41) is 3.89. The van der Waals surface area contributed by atoms with Crippen molar-refractivity contribution in [2.75, 3.05) is 7.11 Å². The Bertz CT molecular complexity index is 727. The third-order valence-corrected chi connectivity index (χ3v) is 3.05. The zero-order valence-corrected chi connectivity index (χ0v) is 14.3. The number of benzene rings is 1. The van der Waals surface area contributed by atoms with Crippen molar-refractivity contribution >= 4 is 11.8 Å². The van der Waals surface area contributed by atoms with E-state index >= 15 is 0 Å². The van der Waals surface area contributed by atoms with Gasteiger partial charge in [-0.05, 0) is 26.8 Å². The molecule has 0 radical (unpaired) electrons. The van der Waals surface area contributed by atoms with Gasteiger partial charge in [-0.15, -0.1) is 0 Å². The van der Waals surface area contributed by atoms with Gasteiger partial charge in [0.1, 0.15) is 17.7 Å².